The number of carboxylic acid groups (broad SMARTS) is 1. The second-order valence-electron chi connectivity index (χ2n) is 3.60. The second-order valence-corrected chi connectivity index (χ2v) is 3.60. The maximum atomic E-state index is 13.9. The van der Waals surface area contributed by atoms with Gasteiger partial charge >= 0.3 is 12.1 Å². The first-order valence-corrected chi connectivity index (χ1v) is 4.16. The van der Waals surface area contributed by atoms with Crippen molar-refractivity contribution in [1.82, 2.24) is 5.32 Å². The fourth-order valence-corrected chi connectivity index (χ4v) is 0.832. The van der Waals surface area contributed by atoms with Gasteiger partial charge in [-0.1, -0.05) is 0 Å². The normalized spacial score (nSPS) is 15.4. The summed E-state index contributed by atoms with van der Waals surface area (Å²) in [5, 5.41) is 9.84. The van der Waals surface area contributed by atoms with Crippen molar-refractivity contribution in [2.45, 2.75) is 26.1 Å². The Kier molecular flexibility index (Phi) is 4.16. The average molecular weight is 243 g/mol. The van der Waals surface area contributed by atoms with Crippen LogP contribution in [0.1, 0.15) is 13.8 Å². The number of alkyl carbamates (subject to hydrolysis) is 1. The van der Waals surface area contributed by atoms with E-state index in [1.54, 1.807) is 0 Å². The van der Waals surface area contributed by atoms with Gasteiger partial charge in [0, 0.05) is 0 Å². The van der Waals surface area contributed by atoms with Crippen molar-refractivity contribution in [2.75, 3.05) is 7.11 Å². The molecule has 8 heteroatoms. The summed E-state index contributed by atoms with van der Waals surface area (Å²) in [5.74, 6) is -5.84. The largest absolute Gasteiger partial charge is 0.477 e. The molecule has 0 aromatic rings. The summed E-state index contributed by atoms with van der Waals surface area (Å²) in [6, 6.07) is 0. The summed E-state index contributed by atoms with van der Waals surface area (Å²) >= 11 is 0. The third-order valence-electron chi connectivity index (χ3n) is 2.19. The van der Waals surface area contributed by atoms with Crippen molar-refractivity contribution in [3.05, 3.63) is 0 Å². The molecular weight excluding hydrogens is 231 g/mol. The predicted molar refractivity (Wildman–Crippen MR) is 46.8 cm³/mol. The van der Waals surface area contributed by atoms with Crippen molar-refractivity contribution in [3.63, 3.8) is 0 Å². The van der Waals surface area contributed by atoms with E-state index in [0.29, 0.717) is 13.8 Å². The molecule has 0 aliphatic rings. The van der Waals surface area contributed by atoms with Gasteiger partial charge in [-0.25, -0.2) is 22.8 Å². The number of amides is 1. The van der Waals surface area contributed by atoms with Gasteiger partial charge < -0.3 is 9.84 Å². The second kappa shape index (κ2) is 4.58. The Morgan fingerprint density at radius 2 is 1.81 bits per heavy atom. The fourth-order valence-electron chi connectivity index (χ4n) is 0.832. The third-order valence-corrected chi connectivity index (χ3v) is 2.19. The predicted octanol–water partition coefficient (Wildman–Crippen LogP) is 1.38. The molecule has 0 fully saturated rings. The maximum Gasteiger partial charge on any atom is 0.409 e. The highest BCUT2D eigenvalue weighted by atomic mass is 19.3. The maximum absolute atomic E-state index is 13.9. The molecule has 0 aliphatic heterocycles. The molecule has 0 rings (SSSR count). The lowest BCUT2D eigenvalue weighted by atomic mass is 9.82. The lowest BCUT2D eigenvalue weighted by molar-refractivity contribution is -0.176. The number of halogens is 3. The van der Waals surface area contributed by atoms with Crippen LogP contribution >= 0.6 is 0 Å². The van der Waals surface area contributed by atoms with Crippen LogP contribution in [0.15, 0.2) is 0 Å². The Balaban J connectivity index is 5.27. The molecule has 0 aliphatic carbocycles. The molecule has 1 unspecified atom stereocenters. The number of hydrogen-bond acceptors (Lipinski definition) is 3. The van der Waals surface area contributed by atoms with Crippen LogP contribution in [0.4, 0.5) is 18.0 Å². The Labute approximate surface area is 89.6 Å². The molecule has 0 spiro atoms. The van der Waals surface area contributed by atoms with Crippen LogP contribution in [-0.4, -0.2) is 36.5 Å². The number of nitrogens with one attached hydrogen (secondary N) is 1. The van der Waals surface area contributed by atoms with Crippen LogP contribution in [0, 0.1) is 5.41 Å². The Hall–Kier alpha value is -1.47. The molecule has 1 amide bonds. The molecular formula is C8H12F3NO4. The molecule has 0 bridgehead atoms. The fraction of sp³-hybridized carbons (Fsp3) is 0.750. The summed E-state index contributed by atoms with van der Waals surface area (Å²) in [4.78, 5) is 21.4. The molecule has 94 valence electrons. The van der Waals surface area contributed by atoms with Crippen LogP contribution in [0.5, 0.6) is 0 Å². The standard InChI is InChI=1S/C8H12F3NO4/c1-7(2,4(9)10)8(11,5(13)14)12-6(15)16-3/h4H,1-3H3,(H,12,15)(H,13,14). The molecule has 5 nitrogen and oxygen atoms in total. The summed E-state index contributed by atoms with van der Waals surface area (Å²) < 4.78 is 42.9. The van der Waals surface area contributed by atoms with E-state index in [1.807, 2.05) is 0 Å². The van der Waals surface area contributed by atoms with E-state index in [4.69, 9.17) is 5.11 Å². The quantitative estimate of drug-likeness (QED) is 0.731. The van der Waals surface area contributed by atoms with Gasteiger partial charge in [-0.3, -0.25) is 5.32 Å². The minimum atomic E-state index is -3.62. The first-order chi connectivity index (χ1) is 7.09. The lowest BCUT2D eigenvalue weighted by Gasteiger charge is -2.35. The van der Waals surface area contributed by atoms with Crippen molar-refractivity contribution < 1.29 is 32.6 Å². The van der Waals surface area contributed by atoms with Crippen LogP contribution in [0.2, 0.25) is 0 Å². The summed E-state index contributed by atoms with van der Waals surface area (Å²) in [7, 11) is 0.854. The van der Waals surface area contributed by atoms with Gasteiger partial charge in [-0.15, -0.1) is 0 Å². The van der Waals surface area contributed by atoms with E-state index in [1.165, 1.54) is 5.32 Å². The van der Waals surface area contributed by atoms with Crippen molar-refractivity contribution in [2.24, 2.45) is 5.41 Å². The van der Waals surface area contributed by atoms with Crippen LogP contribution in [-0.2, 0) is 9.53 Å². The van der Waals surface area contributed by atoms with Crippen LogP contribution < -0.4 is 5.32 Å². The molecule has 0 saturated carbocycles. The van der Waals surface area contributed by atoms with Crippen molar-refractivity contribution >= 4 is 12.1 Å². The first-order valence-electron chi connectivity index (χ1n) is 4.16. The highest BCUT2D eigenvalue weighted by Crippen LogP contribution is 2.38. The highest BCUT2D eigenvalue weighted by Gasteiger charge is 2.59. The van der Waals surface area contributed by atoms with Gasteiger partial charge in [0.1, 0.15) is 0 Å². The molecule has 1 atom stereocenters. The van der Waals surface area contributed by atoms with E-state index in [-0.39, 0.29) is 0 Å². The number of ether oxygens (including phenoxy) is 1. The van der Waals surface area contributed by atoms with E-state index in [9.17, 15) is 22.8 Å². The van der Waals surface area contributed by atoms with Crippen LogP contribution in [0.3, 0.4) is 0 Å². The van der Waals surface area contributed by atoms with Crippen molar-refractivity contribution in [3.8, 4) is 0 Å². The molecule has 0 heterocycles. The monoisotopic (exact) mass is 243 g/mol. The average Bonchev–Trinajstić information content (AvgIpc) is 2.16. The molecule has 2 N–H and O–H groups in total. The zero-order valence-electron chi connectivity index (χ0n) is 8.88. The zero-order chi connectivity index (χ0) is 13.1. The summed E-state index contributed by atoms with van der Waals surface area (Å²) in [6.07, 6.45) is -4.73. The summed E-state index contributed by atoms with van der Waals surface area (Å²) in [6.45, 7) is 1.36. The molecule has 0 aromatic carbocycles. The first kappa shape index (κ1) is 14.5. The van der Waals surface area contributed by atoms with Gasteiger partial charge in [0.05, 0.1) is 12.5 Å². The number of rotatable bonds is 4. The van der Waals surface area contributed by atoms with E-state index in [0.717, 1.165) is 7.11 Å². The summed E-state index contributed by atoms with van der Waals surface area (Å²) in [5.41, 5.74) is -2.60. The Morgan fingerprint density at radius 3 is 2.06 bits per heavy atom. The number of carboxylic acids is 1. The number of carbonyl (C=O) groups excluding carboxylic acids is 1. The molecule has 0 aromatic heterocycles. The smallest absolute Gasteiger partial charge is 0.409 e. The Morgan fingerprint density at radius 1 is 1.38 bits per heavy atom. The van der Waals surface area contributed by atoms with E-state index >= 15 is 0 Å². The zero-order valence-corrected chi connectivity index (χ0v) is 8.88. The van der Waals surface area contributed by atoms with Crippen molar-refractivity contribution in [1.29, 1.82) is 0 Å². The van der Waals surface area contributed by atoms with E-state index in [2.05, 4.69) is 4.74 Å². The van der Waals surface area contributed by atoms with Gasteiger partial charge in [-0.05, 0) is 13.8 Å². The third kappa shape index (κ3) is 2.37. The molecule has 0 saturated heterocycles. The minimum Gasteiger partial charge on any atom is -0.477 e. The van der Waals surface area contributed by atoms with Crippen LogP contribution in [0.25, 0.3) is 0 Å². The number of hydrogen-bond donors (Lipinski definition) is 2. The highest BCUT2D eigenvalue weighted by molar-refractivity contribution is 5.83. The molecule has 16 heavy (non-hydrogen) atoms. The topological polar surface area (TPSA) is 75.6 Å². The molecule has 0 radical (unpaired) electrons. The number of aliphatic carboxylic acids is 1. The minimum absolute atomic E-state index is 0.682. The number of carbonyl (C=O) groups is 2. The number of methoxy groups -OCH3 is 1. The van der Waals surface area contributed by atoms with Gasteiger partial charge in [-0.2, -0.15) is 0 Å². The SMILES string of the molecule is COC(=O)NC(F)(C(=O)O)C(C)(C)C(F)F. The Bertz CT molecular complexity index is 295. The lowest BCUT2D eigenvalue weighted by Crippen LogP contribution is -2.62. The number of alkyl halides is 3. The van der Waals surface area contributed by atoms with E-state index < -0.39 is 29.7 Å². The van der Waals surface area contributed by atoms with Gasteiger partial charge in [0.15, 0.2) is 0 Å². The van der Waals surface area contributed by atoms with Gasteiger partial charge in [0.25, 0.3) is 5.79 Å². The van der Waals surface area contributed by atoms with Gasteiger partial charge in [0.2, 0.25) is 6.43 Å².